The van der Waals surface area contributed by atoms with E-state index in [1.54, 1.807) is 0 Å². The zero-order chi connectivity index (χ0) is 11.3. The second-order valence-electron chi connectivity index (χ2n) is 3.93. The van der Waals surface area contributed by atoms with Crippen molar-refractivity contribution in [3.05, 3.63) is 22.3 Å². The first-order chi connectivity index (χ1) is 7.09. The molecule has 0 unspecified atom stereocenters. The molecule has 0 bridgehead atoms. The van der Waals surface area contributed by atoms with Gasteiger partial charge in [-0.1, -0.05) is 0 Å². The molecule has 0 saturated carbocycles. The summed E-state index contributed by atoms with van der Waals surface area (Å²) in [6, 6.07) is 2.07. The lowest BCUT2D eigenvalue weighted by Gasteiger charge is -2.11. The number of anilines is 1. The topological polar surface area (TPSA) is 28.2 Å². The molecule has 4 heteroatoms. The van der Waals surface area contributed by atoms with Crippen LogP contribution in [-0.4, -0.2) is 37.1 Å². The van der Waals surface area contributed by atoms with Crippen molar-refractivity contribution in [1.29, 1.82) is 0 Å². The van der Waals surface area contributed by atoms with E-state index in [1.165, 1.54) is 5.56 Å². The van der Waals surface area contributed by atoms with Gasteiger partial charge in [-0.2, -0.15) is 0 Å². The second kappa shape index (κ2) is 6.08. The molecule has 0 amide bonds. The molecule has 0 aliphatic carbocycles. The van der Waals surface area contributed by atoms with Crippen molar-refractivity contribution in [2.45, 2.75) is 13.3 Å². The molecule has 1 N–H and O–H groups in total. The minimum Gasteiger partial charge on any atom is -0.369 e. The van der Waals surface area contributed by atoms with Crippen LogP contribution in [0.4, 0.5) is 5.82 Å². The average molecular weight is 272 g/mol. The molecule has 0 aliphatic rings. The summed E-state index contributed by atoms with van der Waals surface area (Å²) in [6.07, 6.45) is 2.99. The summed E-state index contributed by atoms with van der Waals surface area (Å²) in [5.74, 6) is 0.930. The molecule has 1 heterocycles. The molecule has 15 heavy (non-hydrogen) atoms. The number of aromatic nitrogens is 1. The third-order valence-electron chi connectivity index (χ3n) is 2.05. The molecule has 0 aliphatic heterocycles. The van der Waals surface area contributed by atoms with E-state index in [0.717, 1.165) is 29.8 Å². The molecule has 1 rings (SSSR count). The molecular formula is C11H18BrN3. The van der Waals surface area contributed by atoms with E-state index >= 15 is 0 Å². The highest BCUT2D eigenvalue weighted by molar-refractivity contribution is 9.10. The van der Waals surface area contributed by atoms with Gasteiger partial charge in [0.2, 0.25) is 0 Å². The fraction of sp³-hybridized carbons (Fsp3) is 0.545. The summed E-state index contributed by atoms with van der Waals surface area (Å²) in [6.45, 7) is 4.08. The number of nitrogens with zero attached hydrogens (tertiary/aromatic N) is 2. The maximum Gasteiger partial charge on any atom is 0.140 e. The number of hydrogen-bond acceptors (Lipinski definition) is 3. The Labute approximate surface area is 100 Å². The Morgan fingerprint density at radius 3 is 2.80 bits per heavy atom. The van der Waals surface area contributed by atoms with E-state index in [0.29, 0.717) is 0 Å². The van der Waals surface area contributed by atoms with Gasteiger partial charge in [0, 0.05) is 12.7 Å². The quantitative estimate of drug-likeness (QED) is 0.835. The zero-order valence-corrected chi connectivity index (χ0v) is 11.1. The third-order valence-corrected chi connectivity index (χ3v) is 2.66. The van der Waals surface area contributed by atoms with Gasteiger partial charge >= 0.3 is 0 Å². The Bertz CT molecular complexity index is 313. The van der Waals surface area contributed by atoms with Crippen molar-refractivity contribution in [3.63, 3.8) is 0 Å². The minimum atomic E-state index is 0.930. The summed E-state index contributed by atoms with van der Waals surface area (Å²) >= 11 is 3.49. The Morgan fingerprint density at radius 1 is 1.47 bits per heavy atom. The first-order valence-corrected chi connectivity index (χ1v) is 5.89. The predicted molar refractivity (Wildman–Crippen MR) is 68.3 cm³/mol. The van der Waals surface area contributed by atoms with Crippen LogP contribution in [0.15, 0.2) is 16.7 Å². The molecule has 0 atom stereocenters. The van der Waals surface area contributed by atoms with E-state index in [1.807, 2.05) is 13.1 Å². The minimum absolute atomic E-state index is 0.930. The van der Waals surface area contributed by atoms with Crippen LogP contribution in [0.1, 0.15) is 12.0 Å². The van der Waals surface area contributed by atoms with E-state index in [2.05, 4.69) is 51.3 Å². The molecule has 0 aromatic carbocycles. The monoisotopic (exact) mass is 271 g/mol. The lowest BCUT2D eigenvalue weighted by molar-refractivity contribution is 0.405. The maximum absolute atomic E-state index is 4.32. The summed E-state index contributed by atoms with van der Waals surface area (Å²) < 4.78 is 1.03. The number of pyridine rings is 1. The third kappa shape index (κ3) is 4.62. The largest absolute Gasteiger partial charge is 0.369 e. The van der Waals surface area contributed by atoms with Crippen molar-refractivity contribution >= 4 is 21.7 Å². The molecule has 84 valence electrons. The number of hydrogen-bond donors (Lipinski definition) is 1. The van der Waals surface area contributed by atoms with Gasteiger partial charge < -0.3 is 10.2 Å². The summed E-state index contributed by atoms with van der Waals surface area (Å²) in [5.41, 5.74) is 1.17. The van der Waals surface area contributed by atoms with E-state index in [-0.39, 0.29) is 0 Å². The van der Waals surface area contributed by atoms with Crippen LogP contribution in [-0.2, 0) is 0 Å². The first kappa shape index (κ1) is 12.5. The van der Waals surface area contributed by atoms with Crippen molar-refractivity contribution in [2.75, 3.05) is 32.5 Å². The van der Waals surface area contributed by atoms with Gasteiger partial charge in [-0.15, -0.1) is 0 Å². The molecule has 3 nitrogen and oxygen atoms in total. The van der Waals surface area contributed by atoms with Crippen LogP contribution >= 0.6 is 15.9 Å². The lowest BCUT2D eigenvalue weighted by atomic mass is 10.3. The zero-order valence-electron chi connectivity index (χ0n) is 9.55. The molecule has 0 saturated heterocycles. The van der Waals surface area contributed by atoms with Crippen molar-refractivity contribution in [2.24, 2.45) is 0 Å². The Kier molecular flexibility index (Phi) is 5.05. The van der Waals surface area contributed by atoms with E-state index < -0.39 is 0 Å². The van der Waals surface area contributed by atoms with Crippen molar-refractivity contribution < 1.29 is 0 Å². The molecule has 0 fully saturated rings. The van der Waals surface area contributed by atoms with Gasteiger partial charge in [-0.25, -0.2) is 4.98 Å². The fourth-order valence-corrected chi connectivity index (χ4v) is 1.87. The standard InChI is InChI=1S/C11H18BrN3/c1-9-7-10(12)11(14-8-9)13-5-4-6-15(2)3/h7-8H,4-6H2,1-3H3,(H,13,14). The van der Waals surface area contributed by atoms with Crippen molar-refractivity contribution in [3.8, 4) is 0 Å². The van der Waals surface area contributed by atoms with Crippen molar-refractivity contribution in [1.82, 2.24) is 9.88 Å². The van der Waals surface area contributed by atoms with Crippen LogP contribution in [0, 0.1) is 6.92 Å². The van der Waals surface area contributed by atoms with Crippen LogP contribution in [0.3, 0.4) is 0 Å². The van der Waals surface area contributed by atoms with Gasteiger partial charge in [-0.05, 0) is 61.5 Å². The predicted octanol–water partition coefficient (Wildman–Crippen LogP) is 2.52. The highest BCUT2D eigenvalue weighted by Crippen LogP contribution is 2.20. The molecule has 1 aromatic heterocycles. The van der Waals surface area contributed by atoms with E-state index in [9.17, 15) is 0 Å². The van der Waals surface area contributed by atoms with Crippen LogP contribution in [0.5, 0.6) is 0 Å². The van der Waals surface area contributed by atoms with Gasteiger partial charge in [0.1, 0.15) is 5.82 Å². The second-order valence-corrected chi connectivity index (χ2v) is 4.78. The first-order valence-electron chi connectivity index (χ1n) is 5.10. The molecular weight excluding hydrogens is 254 g/mol. The SMILES string of the molecule is Cc1cnc(NCCCN(C)C)c(Br)c1. The number of rotatable bonds is 5. The number of halogens is 1. The van der Waals surface area contributed by atoms with Gasteiger partial charge in [0.05, 0.1) is 4.47 Å². The highest BCUT2D eigenvalue weighted by Gasteiger charge is 2.00. The van der Waals surface area contributed by atoms with Gasteiger partial charge in [0.25, 0.3) is 0 Å². The van der Waals surface area contributed by atoms with Crippen LogP contribution in [0.25, 0.3) is 0 Å². The smallest absolute Gasteiger partial charge is 0.140 e. The summed E-state index contributed by atoms with van der Waals surface area (Å²) in [7, 11) is 4.17. The maximum atomic E-state index is 4.32. The summed E-state index contributed by atoms with van der Waals surface area (Å²) in [5, 5.41) is 3.31. The summed E-state index contributed by atoms with van der Waals surface area (Å²) in [4.78, 5) is 6.50. The Balaban J connectivity index is 2.37. The Hall–Kier alpha value is -0.610. The van der Waals surface area contributed by atoms with E-state index in [4.69, 9.17) is 0 Å². The van der Waals surface area contributed by atoms with Crippen LogP contribution < -0.4 is 5.32 Å². The van der Waals surface area contributed by atoms with Crippen LogP contribution in [0.2, 0.25) is 0 Å². The lowest BCUT2D eigenvalue weighted by Crippen LogP contribution is -2.16. The Morgan fingerprint density at radius 2 is 2.20 bits per heavy atom. The van der Waals surface area contributed by atoms with Gasteiger partial charge in [0.15, 0.2) is 0 Å². The normalized spacial score (nSPS) is 10.7. The number of nitrogens with one attached hydrogen (secondary N) is 1. The fourth-order valence-electron chi connectivity index (χ4n) is 1.27. The molecule has 0 spiro atoms. The molecule has 1 aromatic rings. The average Bonchev–Trinajstić information content (AvgIpc) is 2.14. The van der Waals surface area contributed by atoms with Gasteiger partial charge in [-0.3, -0.25) is 0 Å². The highest BCUT2D eigenvalue weighted by atomic mass is 79.9. The molecule has 0 radical (unpaired) electrons. The number of aryl methyl sites for hydroxylation is 1.